The lowest BCUT2D eigenvalue weighted by Gasteiger charge is -1.85. The van der Waals surface area contributed by atoms with E-state index >= 15 is 0 Å². The number of hydrogen-bond acceptors (Lipinski definition) is 1. The van der Waals surface area contributed by atoms with Gasteiger partial charge in [0.05, 0.1) is 6.61 Å². The van der Waals surface area contributed by atoms with Gasteiger partial charge in [0, 0.05) is 0 Å². The summed E-state index contributed by atoms with van der Waals surface area (Å²) in [5.74, 6) is 0. The van der Waals surface area contributed by atoms with Crippen molar-refractivity contribution in [3.8, 4) is 0 Å². The van der Waals surface area contributed by atoms with E-state index in [-0.39, 0.29) is 6.61 Å². The lowest BCUT2D eigenvalue weighted by atomic mass is 10.3. The molecule has 0 heterocycles. The maximum absolute atomic E-state index is 8.35. The van der Waals surface area contributed by atoms with Crippen LogP contribution in [0.5, 0.6) is 0 Å². The van der Waals surface area contributed by atoms with E-state index in [4.69, 9.17) is 5.11 Å². The van der Waals surface area contributed by atoms with E-state index in [2.05, 4.69) is 6.58 Å². The van der Waals surface area contributed by atoms with E-state index in [1.165, 1.54) is 0 Å². The lowest BCUT2D eigenvalue weighted by molar-refractivity contribution is 0.331. The van der Waals surface area contributed by atoms with Crippen molar-refractivity contribution in [3.05, 3.63) is 24.3 Å². The van der Waals surface area contributed by atoms with Gasteiger partial charge in [-0.15, -0.1) is 0 Å². The van der Waals surface area contributed by atoms with Crippen LogP contribution >= 0.6 is 0 Å². The van der Waals surface area contributed by atoms with Gasteiger partial charge in [0.2, 0.25) is 0 Å². The molecule has 0 amide bonds. The van der Waals surface area contributed by atoms with Crippen LogP contribution in [-0.4, -0.2) is 11.7 Å². The summed E-state index contributed by atoms with van der Waals surface area (Å²) in [6, 6.07) is 0. The van der Waals surface area contributed by atoms with E-state index in [0.717, 1.165) is 5.57 Å². The molecule has 0 aliphatic rings. The van der Waals surface area contributed by atoms with Crippen LogP contribution in [0.1, 0.15) is 6.92 Å². The molecule has 0 aliphatic carbocycles. The molecule has 40 valence electrons. The van der Waals surface area contributed by atoms with Gasteiger partial charge in [-0.1, -0.05) is 18.7 Å². The first-order valence-electron chi connectivity index (χ1n) is 2.20. The summed E-state index contributed by atoms with van der Waals surface area (Å²) in [5, 5.41) is 8.35. The Bertz CT molecular complexity index is 82.2. The second kappa shape index (κ2) is 3.62. The van der Waals surface area contributed by atoms with E-state index in [0.29, 0.717) is 0 Å². The fourth-order valence-electron chi connectivity index (χ4n) is 0.254. The Labute approximate surface area is 44.0 Å². The van der Waals surface area contributed by atoms with E-state index in [9.17, 15) is 0 Å². The molecule has 7 heavy (non-hydrogen) atoms. The van der Waals surface area contributed by atoms with Crippen LogP contribution in [0.2, 0.25) is 0 Å². The van der Waals surface area contributed by atoms with Crippen LogP contribution in [0.3, 0.4) is 0 Å². The van der Waals surface area contributed by atoms with Crippen molar-refractivity contribution in [2.24, 2.45) is 0 Å². The fourth-order valence-corrected chi connectivity index (χ4v) is 0.254. The van der Waals surface area contributed by atoms with Gasteiger partial charge in [-0.3, -0.25) is 0 Å². The number of rotatable bonds is 2. The Balaban J connectivity index is 3.49. The Morgan fingerprint density at radius 1 is 1.86 bits per heavy atom. The molecule has 0 aromatic rings. The van der Waals surface area contributed by atoms with Crippen molar-refractivity contribution in [2.75, 3.05) is 6.61 Å². The zero-order valence-corrected chi connectivity index (χ0v) is 4.52. The molecule has 0 saturated carbocycles. The second-order valence-electron chi connectivity index (χ2n) is 1.41. The van der Waals surface area contributed by atoms with Crippen LogP contribution in [0.15, 0.2) is 24.3 Å². The Morgan fingerprint density at radius 2 is 2.43 bits per heavy atom. The minimum Gasteiger partial charge on any atom is -0.392 e. The number of aliphatic hydroxyl groups excluding tert-OH is 1. The van der Waals surface area contributed by atoms with Crippen molar-refractivity contribution < 1.29 is 5.11 Å². The van der Waals surface area contributed by atoms with E-state index < -0.39 is 0 Å². The second-order valence-corrected chi connectivity index (χ2v) is 1.41. The summed E-state index contributed by atoms with van der Waals surface area (Å²) in [7, 11) is 0. The molecular formula is C6H10O. The van der Waals surface area contributed by atoms with Crippen molar-refractivity contribution >= 4 is 0 Å². The van der Waals surface area contributed by atoms with Gasteiger partial charge < -0.3 is 5.11 Å². The summed E-state index contributed by atoms with van der Waals surface area (Å²) >= 11 is 0. The molecule has 0 bridgehead atoms. The van der Waals surface area contributed by atoms with Gasteiger partial charge in [-0.2, -0.15) is 0 Å². The smallest absolute Gasteiger partial charge is 0.0642 e. The summed E-state index contributed by atoms with van der Waals surface area (Å²) < 4.78 is 0. The minimum absolute atomic E-state index is 0.131. The SMILES string of the molecule is C=C/C=C(/C)CO. The van der Waals surface area contributed by atoms with Crippen molar-refractivity contribution in [2.45, 2.75) is 6.92 Å². The predicted molar refractivity (Wildman–Crippen MR) is 31.0 cm³/mol. The first kappa shape index (κ1) is 6.44. The van der Waals surface area contributed by atoms with Gasteiger partial charge in [0.1, 0.15) is 0 Å². The predicted octanol–water partition coefficient (Wildman–Crippen LogP) is 1.11. The molecule has 0 spiro atoms. The van der Waals surface area contributed by atoms with Crippen LogP contribution in [0, 0.1) is 0 Å². The molecular weight excluding hydrogens is 88.1 g/mol. The Hall–Kier alpha value is -0.560. The first-order valence-corrected chi connectivity index (χ1v) is 2.20. The van der Waals surface area contributed by atoms with Gasteiger partial charge in [0.25, 0.3) is 0 Å². The Kier molecular flexibility index (Phi) is 3.33. The van der Waals surface area contributed by atoms with E-state index in [1.54, 1.807) is 12.2 Å². The average molecular weight is 98.1 g/mol. The normalized spacial score (nSPS) is 11.4. The topological polar surface area (TPSA) is 20.2 Å². The molecule has 0 radical (unpaired) electrons. The fraction of sp³-hybridized carbons (Fsp3) is 0.333. The standard InChI is InChI=1S/C6H10O/c1-3-4-6(2)5-7/h3-4,7H,1,5H2,2H3/b6-4-. The maximum atomic E-state index is 8.35. The molecule has 0 rings (SSSR count). The third-order valence-electron chi connectivity index (χ3n) is 0.652. The van der Waals surface area contributed by atoms with Gasteiger partial charge in [-0.25, -0.2) is 0 Å². The average Bonchev–Trinajstić information content (AvgIpc) is 1.68. The maximum Gasteiger partial charge on any atom is 0.0642 e. The van der Waals surface area contributed by atoms with E-state index in [1.807, 2.05) is 6.92 Å². The number of aliphatic hydroxyl groups is 1. The van der Waals surface area contributed by atoms with Crippen molar-refractivity contribution in [3.63, 3.8) is 0 Å². The van der Waals surface area contributed by atoms with Crippen molar-refractivity contribution in [1.82, 2.24) is 0 Å². The van der Waals surface area contributed by atoms with Crippen LogP contribution < -0.4 is 0 Å². The molecule has 0 aliphatic heterocycles. The van der Waals surface area contributed by atoms with Crippen LogP contribution in [0.25, 0.3) is 0 Å². The molecule has 1 N–H and O–H groups in total. The molecule has 0 unspecified atom stereocenters. The molecule has 0 aromatic heterocycles. The molecule has 0 atom stereocenters. The van der Waals surface area contributed by atoms with Gasteiger partial charge >= 0.3 is 0 Å². The largest absolute Gasteiger partial charge is 0.392 e. The molecule has 0 saturated heterocycles. The summed E-state index contributed by atoms with van der Waals surface area (Å²) in [4.78, 5) is 0. The first-order chi connectivity index (χ1) is 3.31. The van der Waals surface area contributed by atoms with Crippen molar-refractivity contribution in [1.29, 1.82) is 0 Å². The highest BCUT2D eigenvalue weighted by Crippen LogP contribution is 1.86. The monoisotopic (exact) mass is 98.1 g/mol. The highest BCUT2D eigenvalue weighted by molar-refractivity contribution is 5.07. The van der Waals surface area contributed by atoms with Gasteiger partial charge in [-0.05, 0) is 12.5 Å². The molecule has 1 nitrogen and oxygen atoms in total. The highest BCUT2D eigenvalue weighted by Gasteiger charge is 1.76. The third kappa shape index (κ3) is 3.27. The zero-order chi connectivity index (χ0) is 5.70. The molecule has 1 heteroatoms. The molecule has 0 fully saturated rings. The molecule has 0 aromatic carbocycles. The lowest BCUT2D eigenvalue weighted by Crippen LogP contribution is -1.80. The zero-order valence-electron chi connectivity index (χ0n) is 4.52. The Morgan fingerprint density at radius 3 is 2.57 bits per heavy atom. The highest BCUT2D eigenvalue weighted by atomic mass is 16.3. The van der Waals surface area contributed by atoms with Crippen LogP contribution in [0.4, 0.5) is 0 Å². The summed E-state index contributed by atoms with van der Waals surface area (Å²) in [6.45, 7) is 5.44. The summed E-state index contributed by atoms with van der Waals surface area (Å²) in [6.07, 6.45) is 3.44. The summed E-state index contributed by atoms with van der Waals surface area (Å²) in [5.41, 5.74) is 0.940. The quantitative estimate of drug-likeness (QED) is 0.513. The minimum atomic E-state index is 0.131. The number of allylic oxidation sites excluding steroid dienone is 2. The van der Waals surface area contributed by atoms with Crippen LogP contribution in [-0.2, 0) is 0 Å². The number of hydrogen-bond donors (Lipinski definition) is 1. The van der Waals surface area contributed by atoms with Gasteiger partial charge in [0.15, 0.2) is 0 Å². The third-order valence-corrected chi connectivity index (χ3v) is 0.652.